The maximum absolute atomic E-state index is 12.3. The highest BCUT2D eigenvalue weighted by atomic mass is 19.3. The first-order valence-electron chi connectivity index (χ1n) is 9.79. The van der Waals surface area contributed by atoms with E-state index in [2.05, 4.69) is 51.4 Å². The lowest BCUT2D eigenvalue weighted by Crippen LogP contribution is -2.52. The van der Waals surface area contributed by atoms with E-state index in [1.807, 2.05) is 12.1 Å². The summed E-state index contributed by atoms with van der Waals surface area (Å²) >= 11 is 0. The molecule has 1 heterocycles. The second-order valence-electron chi connectivity index (χ2n) is 7.98. The molecule has 158 valence electrons. The van der Waals surface area contributed by atoms with Crippen molar-refractivity contribution >= 4 is 11.6 Å². The molecule has 2 rings (SSSR count). The minimum atomic E-state index is -2.80. The summed E-state index contributed by atoms with van der Waals surface area (Å²) in [6.45, 7) is 7.04. The fourth-order valence-corrected chi connectivity index (χ4v) is 3.17. The van der Waals surface area contributed by atoms with Crippen LogP contribution in [-0.4, -0.2) is 57.4 Å². The van der Waals surface area contributed by atoms with Crippen LogP contribution in [0.1, 0.15) is 33.6 Å². The van der Waals surface area contributed by atoms with Gasteiger partial charge in [0.05, 0.1) is 0 Å². The van der Waals surface area contributed by atoms with Gasteiger partial charge in [-0.2, -0.15) is 8.78 Å². The zero-order valence-corrected chi connectivity index (χ0v) is 17.3. The molecule has 0 bridgehead atoms. The molecule has 0 aliphatic carbocycles. The molecule has 0 aromatic heterocycles. The van der Waals surface area contributed by atoms with Crippen LogP contribution in [0.15, 0.2) is 29.3 Å². The summed E-state index contributed by atoms with van der Waals surface area (Å²) in [5.41, 5.74) is 1.10. The number of nitrogens with zero attached hydrogens (tertiary/aromatic N) is 2. The second kappa shape index (κ2) is 10.5. The number of hydrogen-bond acceptors (Lipinski definition) is 4. The van der Waals surface area contributed by atoms with Crippen LogP contribution in [0.4, 0.5) is 14.5 Å². The molecular weight excluding hydrogens is 364 g/mol. The Morgan fingerprint density at radius 3 is 2.57 bits per heavy atom. The van der Waals surface area contributed by atoms with E-state index in [1.165, 1.54) is 0 Å². The molecule has 8 heteroatoms. The van der Waals surface area contributed by atoms with Crippen molar-refractivity contribution in [2.75, 3.05) is 38.1 Å². The van der Waals surface area contributed by atoms with Crippen LogP contribution >= 0.6 is 0 Å². The molecule has 1 aromatic rings. The van der Waals surface area contributed by atoms with Crippen LogP contribution in [0.3, 0.4) is 0 Å². The molecule has 1 atom stereocenters. The van der Waals surface area contributed by atoms with Gasteiger partial charge in [-0.3, -0.25) is 4.99 Å². The van der Waals surface area contributed by atoms with Crippen molar-refractivity contribution in [2.45, 2.75) is 51.8 Å². The Hall–Kier alpha value is -2.09. The molecule has 1 unspecified atom stereocenters. The normalized spacial score (nSPS) is 18.3. The number of alkyl halides is 2. The average Bonchev–Trinajstić information content (AvgIpc) is 2.64. The molecule has 0 radical (unpaired) electrons. The first kappa shape index (κ1) is 22.2. The van der Waals surface area contributed by atoms with Gasteiger partial charge in [-0.05, 0) is 57.9 Å². The van der Waals surface area contributed by atoms with Gasteiger partial charge in [-0.25, -0.2) is 0 Å². The fourth-order valence-electron chi connectivity index (χ4n) is 3.17. The number of benzene rings is 1. The van der Waals surface area contributed by atoms with Gasteiger partial charge in [-0.1, -0.05) is 0 Å². The van der Waals surface area contributed by atoms with Crippen LogP contribution in [0.25, 0.3) is 0 Å². The Balaban J connectivity index is 1.83. The molecule has 1 aromatic carbocycles. The Morgan fingerprint density at radius 1 is 1.25 bits per heavy atom. The van der Waals surface area contributed by atoms with Crippen LogP contribution in [0, 0.1) is 0 Å². The van der Waals surface area contributed by atoms with Gasteiger partial charge in [0, 0.05) is 50.5 Å². The van der Waals surface area contributed by atoms with Crippen LogP contribution < -0.4 is 25.6 Å². The Morgan fingerprint density at radius 2 is 1.96 bits per heavy atom. The molecule has 28 heavy (non-hydrogen) atoms. The maximum Gasteiger partial charge on any atom is 0.387 e. The minimum Gasteiger partial charge on any atom is -0.435 e. The van der Waals surface area contributed by atoms with E-state index >= 15 is 0 Å². The molecule has 0 spiro atoms. The summed E-state index contributed by atoms with van der Waals surface area (Å²) in [4.78, 5) is 6.57. The predicted molar refractivity (Wildman–Crippen MR) is 111 cm³/mol. The van der Waals surface area contributed by atoms with Gasteiger partial charge in [0.25, 0.3) is 0 Å². The van der Waals surface area contributed by atoms with Crippen LogP contribution in [0.5, 0.6) is 5.75 Å². The fraction of sp³-hybridized carbons (Fsp3) is 0.650. The smallest absolute Gasteiger partial charge is 0.387 e. The first-order valence-corrected chi connectivity index (χ1v) is 9.79. The summed E-state index contributed by atoms with van der Waals surface area (Å²) in [7, 11) is 1.77. The van der Waals surface area contributed by atoms with Gasteiger partial charge < -0.3 is 25.6 Å². The highest BCUT2D eigenvalue weighted by molar-refractivity contribution is 5.80. The van der Waals surface area contributed by atoms with Gasteiger partial charge in [0.15, 0.2) is 5.96 Å². The molecule has 1 fully saturated rings. The zero-order valence-electron chi connectivity index (χ0n) is 17.3. The van der Waals surface area contributed by atoms with Gasteiger partial charge >= 0.3 is 6.61 Å². The minimum absolute atomic E-state index is 0.0956. The Labute approximate surface area is 166 Å². The van der Waals surface area contributed by atoms with Crippen molar-refractivity contribution < 1.29 is 13.5 Å². The average molecular weight is 398 g/mol. The van der Waals surface area contributed by atoms with E-state index in [0.29, 0.717) is 0 Å². The summed E-state index contributed by atoms with van der Waals surface area (Å²) in [5, 5.41) is 10.3. The topological polar surface area (TPSA) is 60.9 Å². The number of guanidine groups is 1. The molecular formula is C20H33F2N5O. The number of nitrogens with one attached hydrogen (secondary N) is 3. The summed E-state index contributed by atoms with van der Waals surface area (Å²) in [6.07, 6.45) is 2.11. The van der Waals surface area contributed by atoms with E-state index in [9.17, 15) is 8.78 Å². The van der Waals surface area contributed by atoms with Crippen LogP contribution in [0.2, 0.25) is 0 Å². The standard InChI is InChI=1S/C20H33F2N5O/c1-20(2,3)25-12-11-24-19(23-4)26-15-6-5-13-27(14-15)16-7-9-17(10-8-16)28-18(21)22/h7-10,15,18,25H,5-6,11-14H2,1-4H3,(H2,23,24,26). The zero-order chi connectivity index (χ0) is 20.6. The van der Waals surface area contributed by atoms with Crippen molar-refractivity contribution in [2.24, 2.45) is 4.99 Å². The first-order chi connectivity index (χ1) is 13.3. The highest BCUT2D eigenvalue weighted by Gasteiger charge is 2.21. The van der Waals surface area contributed by atoms with Crippen molar-refractivity contribution in [3.8, 4) is 5.75 Å². The number of ether oxygens (including phenoxy) is 1. The van der Waals surface area contributed by atoms with Gasteiger partial charge in [0.1, 0.15) is 5.75 Å². The largest absolute Gasteiger partial charge is 0.435 e. The number of piperidine rings is 1. The number of hydrogen-bond donors (Lipinski definition) is 3. The Bertz CT molecular complexity index is 616. The quantitative estimate of drug-likeness (QED) is 0.375. The third-order valence-corrected chi connectivity index (χ3v) is 4.49. The van der Waals surface area contributed by atoms with Crippen LogP contribution in [-0.2, 0) is 0 Å². The summed E-state index contributed by atoms with van der Waals surface area (Å²) < 4.78 is 29.0. The lowest BCUT2D eigenvalue weighted by atomic mass is 10.0. The molecule has 1 aliphatic heterocycles. The van der Waals surface area contributed by atoms with E-state index in [1.54, 1.807) is 19.2 Å². The summed E-state index contributed by atoms with van der Waals surface area (Å²) in [5.74, 6) is 0.974. The number of aliphatic imine (C=N–C) groups is 1. The highest BCUT2D eigenvalue weighted by Crippen LogP contribution is 2.23. The molecule has 1 aliphatic rings. The molecule has 3 N–H and O–H groups in total. The van der Waals surface area contributed by atoms with Crippen molar-refractivity contribution in [1.29, 1.82) is 0 Å². The maximum atomic E-state index is 12.3. The number of halogens is 2. The SMILES string of the molecule is CN=C(NCCNC(C)(C)C)NC1CCCN(c2ccc(OC(F)F)cc2)C1. The van der Waals surface area contributed by atoms with E-state index < -0.39 is 6.61 Å². The molecule has 0 saturated carbocycles. The van der Waals surface area contributed by atoms with Crippen molar-refractivity contribution in [1.82, 2.24) is 16.0 Å². The molecule has 6 nitrogen and oxygen atoms in total. The lowest BCUT2D eigenvalue weighted by Gasteiger charge is -2.35. The van der Waals surface area contributed by atoms with E-state index in [0.717, 1.165) is 50.7 Å². The van der Waals surface area contributed by atoms with E-state index in [-0.39, 0.29) is 17.3 Å². The molecule has 1 saturated heterocycles. The van der Waals surface area contributed by atoms with E-state index in [4.69, 9.17) is 0 Å². The third kappa shape index (κ3) is 7.88. The predicted octanol–water partition coefficient (Wildman–Crippen LogP) is 2.81. The van der Waals surface area contributed by atoms with Gasteiger partial charge in [0.2, 0.25) is 0 Å². The summed E-state index contributed by atoms with van der Waals surface area (Å²) in [6, 6.07) is 7.09. The lowest BCUT2D eigenvalue weighted by molar-refractivity contribution is -0.0498. The van der Waals surface area contributed by atoms with Crippen molar-refractivity contribution in [3.63, 3.8) is 0 Å². The number of anilines is 1. The van der Waals surface area contributed by atoms with Gasteiger partial charge in [-0.15, -0.1) is 0 Å². The third-order valence-electron chi connectivity index (χ3n) is 4.49. The molecule has 0 amide bonds. The second-order valence-corrected chi connectivity index (χ2v) is 7.98. The Kier molecular flexibility index (Phi) is 8.29. The van der Waals surface area contributed by atoms with Crippen molar-refractivity contribution in [3.05, 3.63) is 24.3 Å². The monoisotopic (exact) mass is 397 g/mol. The number of rotatable bonds is 7.